The first-order valence-corrected chi connectivity index (χ1v) is 8.64. The van der Waals surface area contributed by atoms with Gasteiger partial charge in [0.15, 0.2) is 6.61 Å². The zero-order valence-corrected chi connectivity index (χ0v) is 16.2. The Balaban J connectivity index is 1.89. The summed E-state index contributed by atoms with van der Waals surface area (Å²) in [7, 11) is 2.84. The summed E-state index contributed by atoms with van der Waals surface area (Å²) in [5.74, 6) is -2.55. The summed E-state index contributed by atoms with van der Waals surface area (Å²) >= 11 is 0. The van der Waals surface area contributed by atoms with E-state index in [0.29, 0.717) is 5.69 Å². The number of carbonyl (C=O) groups excluding carboxylic acids is 3. The van der Waals surface area contributed by atoms with Gasteiger partial charge in [-0.15, -0.1) is 0 Å². The largest absolute Gasteiger partial charge is 0.452 e. The maximum atomic E-state index is 12.9. The van der Waals surface area contributed by atoms with Crippen molar-refractivity contribution >= 4 is 34.8 Å². The highest BCUT2D eigenvalue weighted by atomic mass is 19.1. The molecule has 0 saturated carbocycles. The van der Waals surface area contributed by atoms with Crippen LogP contribution in [0.4, 0.5) is 21.5 Å². The average Bonchev–Trinajstić information content (AvgIpc) is 2.72. The predicted octanol–water partition coefficient (Wildman–Crippen LogP) is 2.03. The Morgan fingerprint density at radius 2 is 1.83 bits per heavy atom. The summed E-state index contributed by atoms with van der Waals surface area (Å²) in [5.41, 5.74) is 0.179. The highest BCUT2D eigenvalue weighted by Gasteiger charge is 2.20. The van der Waals surface area contributed by atoms with Gasteiger partial charge in [-0.1, -0.05) is 0 Å². The molecule has 30 heavy (non-hydrogen) atoms. The van der Waals surface area contributed by atoms with Crippen LogP contribution in [0.1, 0.15) is 10.4 Å². The molecule has 0 atom stereocenters. The van der Waals surface area contributed by atoms with Crippen molar-refractivity contribution in [1.82, 2.24) is 4.90 Å². The van der Waals surface area contributed by atoms with Gasteiger partial charge in [0, 0.05) is 25.8 Å². The topological polar surface area (TPSA) is 131 Å². The van der Waals surface area contributed by atoms with E-state index >= 15 is 0 Å². The lowest BCUT2D eigenvalue weighted by atomic mass is 10.1. The number of carbonyl (C=O) groups is 3. The van der Waals surface area contributed by atoms with Gasteiger partial charge in [-0.05, 0) is 36.4 Å². The molecule has 2 aromatic carbocycles. The second-order valence-electron chi connectivity index (χ2n) is 6.12. The molecule has 2 rings (SSSR count). The van der Waals surface area contributed by atoms with Gasteiger partial charge >= 0.3 is 5.97 Å². The molecule has 0 aliphatic heterocycles. The van der Waals surface area contributed by atoms with Gasteiger partial charge in [0.25, 0.3) is 11.6 Å². The Morgan fingerprint density at radius 3 is 2.43 bits per heavy atom. The highest BCUT2D eigenvalue weighted by molar-refractivity contribution is 5.96. The van der Waals surface area contributed by atoms with Crippen molar-refractivity contribution in [2.45, 2.75) is 0 Å². The van der Waals surface area contributed by atoms with Crippen LogP contribution >= 0.6 is 0 Å². The quantitative estimate of drug-likeness (QED) is 0.381. The Morgan fingerprint density at radius 1 is 1.17 bits per heavy atom. The molecule has 2 aromatic rings. The molecular weight excluding hydrogens is 399 g/mol. The fourth-order valence-electron chi connectivity index (χ4n) is 2.38. The molecule has 0 aliphatic rings. The second kappa shape index (κ2) is 9.96. The SMILES string of the molecule is CNc1ccc(C(=O)OCC(=O)N(C)CC(=O)Nc2ccc(F)cc2)cc1[N+](=O)[O-]. The van der Waals surface area contributed by atoms with Crippen LogP contribution in [0, 0.1) is 15.9 Å². The molecule has 0 bridgehead atoms. The third kappa shape index (κ3) is 5.99. The molecule has 158 valence electrons. The molecular formula is C19H19FN4O6. The number of hydrogen-bond donors (Lipinski definition) is 2. The summed E-state index contributed by atoms with van der Waals surface area (Å²) in [6.45, 7) is -0.975. The third-order valence-electron chi connectivity index (χ3n) is 3.96. The lowest BCUT2D eigenvalue weighted by molar-refractivity contribution is -0.384. The molecule has 0 heterocycles. The van der Waals surface area contributed by atoms with Gasteiger partial charge in [-0.2, -0.15) is 0 Å². The van der Waals surface area contributed by atoms with E-state index in [2.05, 4.69) is 10.6 Å². The molecule has 0 spiro atoms. The normalized spacial score (nSPS) is 10.1. The van der Waals surface area contributed by atoms with E-state index in [4.69, 9.17) is 4.74 Å². The van der Waals surface area contributed by atoms with Gasteiger partial charge < -0.3 is 20.3 Å². The number of hydrogen-bond acceptors (Lipinski definition) is 7. The van der Waals surface area contributed by atoms with Crippen LogP contribution in [0.3, 0.4) is 0 Å². The maximum Gasteiger partial charge on any atom is 0.338 e. The van der Waals surface area contributed by atoms with Crippen LogP contribution in [0.5, 0.6) is 0 Å². The number of ether oxygens (including phenoxy) is 1. The molecule has 0 aromatic heterocycles. The molecule has 2 N–H and O–H groups in total. The van der Waals surface area contributed by atoms with Crippen LogP contribution < -0.4 is 10.6 Å². The molecule has 10 nitrogen and oxygen atoms in total. The lowest BCUT2D eigenvalue weighted by Gasteiger charge is -2.17. The van der Waals surface area contributed by atoms with Gasteiger partial charge in [0.2, 0.25) is 5.91 Å². The summed E-state index contributed by atoms with van der Waals surface area (Å²) in [6.07, 6.45) is 0. The van der Waals surface area contributed by atoms with E-state index in [-0.39, 0.29) is 23.5 Å². The van der Waals surface area contributed by atoms with Gasteiger partial charge in [-0.3, -0.25) is 19.7 Å². The number of nitrogens with one attached hydrogen (secondary N) is 2. The van der Waals surface area contributed by atoms with Crippen molar-refractivity contribution in [3.05, 3.63) is 64.0 Å². The minimum Gasteiger partial charge on any atom is -0.452 e. The molecule has 0 unspecified atom stereocenters. The summed E-state index contributed by atoms with van der Waals surface area (Å²) in [5, 5.41) is 16.2. The van der Waals surface area contributed by atoms with Crippen molar-refractivity contribution in [3.8, 4) is 0 Å². The minimum atomic E-state index is -0.918. The molecule has 0 radical (unpaired) electrons. The Kier molecular flexibility index (Phi) is 7.39. The average molecular weight is 418 g/mol. The standard InChI is InChI=1S/C19H19FN4O6/c1-21-15-8-3-12(9-16(15)24(28)29)19(27)30-11-18(26)23(2)10-17(25)22-14-6-4-13(20)5-7-14/h3-9,21H,10-11H2,1-2H3,(H,22,25). The van der Waals surface area contributed by atoms with Crippen molar-refractivity contribution < 1.29 is 28.4 Å². The molecule has 0 fully saturated rings. The summed E-state index contributed by atoms with van der Waals surface area (Å²) in [6, 6.07) is 8.81. The zero-order chi connectivity index (χ0) is 22.3. The van der Waals surface area contributed by atoms with Crippen LogP contribution in [-0.4, -0.2) is 54.9 Å². The Hall–Kier alpha value is -4.02. The number of nitro groups is 1. The summed E-state index contributed by atoms with van der Waals surface area (Å²) in [4.78, 5) is 47.6. The first-order chi connectivity index (χ1) is 14.2. The van der Waals surface area contributed by atoms with Gasteiger partial charge in [-0.25, -0.2) is 9.18 Å². The number of nitrogens with zero attached hydrogens (tertiary/aromatic N) is 2. The number of halogens is 1. The fraction of sp³-hybridized carbons (Fsp3) is 0.211. The third-order valence-corrected chi connectivity index (χ3v) is 3.96. The minimum absolute atomic E-state index is 0.0924. The number of likely N-dealkylation sites (N-methyl/N-ethyl adjacent to an activating group) is 1. The van der Waals surface area contributed by atoms with Gasteiger partial charge in [0.1, 0.15) is 11.5 Å². The number of benzene rings is 2. The van der Waals surface area contributed by atoms with Crippen molar-refractivity contribution in [1.29, 1.82) is 0 Å². The van der Waals surface area contributed by atoms with E-state index in [9.17, 15) is 28.9 Å². The fourth-order valence-corrected chi connectivity index (χ4v) is 2.38. The van der Waals surface area contributed by atoms with Crippen LogP contribution in [0.25, 0.3) is 0 Å². The lowest BCUT2D eigenvalue weighted by Crippen LogP contribution is -2.37. The highest BCUT2D eigenvalue weighted by Crippen LogP contribution is 2.25. The smallest absolute Gasteiger partial charge is 0.338 e. The molecule has 0 saturated heterocycles. The van der Waals surface area contributed by atoms with Crippen molar-refractivity contribution in [3.63, 3.8) is 0 Å². The zero-order valence-electron chi connectivity index (χ0n) is 16.2. The maximum absolute atomic E-state index is 12.9. The second-order valence-corrected chi connectivity index (χ2v) is 6.12. The molecule has 0 aliphatic carbocycles. The monoisotopic (exact) mass is 418 g/mol. The van der Waals surface area contributed by atoms with Crippen molar-refractivity contribution in [2.24, 2.45) is 0 Å². The first-order valence-electron chi connectivity index (χ1n) is 8.64. The Labute approximate surface area is 170 Å². The number of nitro benzene ring substituents is 1. The van der Waals surface area contributed by atoms with Crippen molar-refractivity contribution in [2.75, 3.05) is 37.9 Å². The van der Waals surface area contributed by atoms with E-state index in [1.165, 1.54) is 50.5 Å². The van der Waals surface area contributed by atoms with Crippen LogP contribution in [-0.2, 0) is 14.3 Å². The van der Waals surface area contributed by atoms with E-state index in [1.807, 2.05) is 0 Å². The van der Waals surface area contributed by atoms with E-state index < -0.39 is 35.1 Å². The molecule has 2 amide bonds. The Bertz CT molecular complexity index is 964. The van der Waals surface area contributed by atoms with Crippen LogP contribution in [0.15, 0.2) is 42.5 Å². The number of esters is 1. The first kappa shape index (κ1) is 22.3. The van der Waals surface area contributed by atoms with E-state index in [1.54, 1.807) is 0 Å². The number of rotatable bonds is 8. The number of amides is 2. The van der Waals surface area contributed by atoms with Crippen LogP contribution in [0.2, 0.25) is 0 Å². The predicted molar refractivity (Wildman–Crippen MR) is 106 cm³/mol. The van der Waals surface area contributed by atoms with Gasteiger partial charge in [0.05, 0.1) is 17.0 Å². The number of anilines is 2. The van der Waals surface area contributed by atoms with E-state index in [0.717, 1.165) is 11.0 Å². The molecule has 11 heteroatoms. The summed E-state index contributed by atoms with van der Waals surface area (Å²) < 4.78 is 17.8.